The highest BCUT2D eigenvalue weighted by Gasteiger charge is 2.06. The Balaban J connectivity index is 2.33. The van der Waals surface area contributed by atoms with Crippen LogP contribution in [0.25, 0.3) is 0 Å². The molecule has 0 saturated heterocycles. The smallest absolute Gasteiger partial charge is 0.115 e. The average Bonchev–Trinajstić information content (AvgIpc) is 1.95. The molecule has 0 bridgehead atoms. The molecule has 1 heterocycles. The fourth-order valence-electron chi connectivity index (χ4n) is 0.787. The average molecular weight is 253 g/mol. The quantitative estimate of drug-likeness (QED) is 0.377. The third kappa shape index (κ3) is 2.24. The standard InChI is InChI=1S/C6H12IN3/c1-2-8-6-4-9-5(7)3-10-6/h4-5,8-10H,2-3H2,1H3. The summed E-state index contributed by atoms with van der Waals surface area (Å²) in [6.45, 7) is 4.03. The first kappa shape index (κ1) is 7.97. The van der Waals surface area contributed by atoms with Crippen molar-refractivity contribution < 1.29 is 0 Å². The molecule has 1 aliphatic heterocycles. The molecule has 1 unspecified atom stereocenters. The molecule has 0 amide bonds. The maximum absolute atomic E-state index is 3.25. The minimum Gasteiger partial charge on any atom is -0.375 e. The largest absolute Gasteiger partial charge is 0.375 e. The fraction of sp³-hybridized carbons (Fsp3) is 0.667. The van der Waals surface area contributed by atoms with Crippen LogP contribution in [0, 0.1) is 0 Å². The van der Waals surface area contributed by atoms with Gasteiger partial charge in [0.1, 0.15) is 5.82 Å². The lowest BCUT2D eigenvalue weighted by Gasteiger charge is -2.21. The number of alkyl halides is 1. The second kappa shape index (κ2) is 3.90. The maximum atomic E-state index is 3.25. The van der Waals surface area contributed by atoms with Gasteiger partial charge in [0.2, 0.25) is 0 Å². The van der Waals surface area contributed by atoms with Crippen LogP contribution in [0.1, 0.15) is 6.92 Å². The van der Waals surface area contributed by atoms with Crippen molar-refractivity contribution in [2.75, 3.05) is 13.1 Å². The molecule has 0 saturated carbocycles. The molecule has 1 rings (SSSR count). The van der Waals surface area contributed by atoms with E-state index in [-0.39, 0.29) is 0 Å². The van der Waals surface area contributed by atoms with Crippen LogP contribution in [0.15, 0.2) is 12.0 Å². The zero-order chi connectivity index (χ0) is 7.40. The van der Waals surface area contributed by atoms with Crippen LogP contribution in [0.3, 0.4) is 0 Å². The molecule has 10 heavy (non-hydrogen) atoms. The highest BCUT2D eigenvalue weighted by atomic mass is 127. The second-order valence-electron chi connectivity index (χ2n) is 2.10. The van der Waals surface area contributed by atoms with Crippen molar-refractivity contribution in [2.45, 2.75) is 11.0 Å². The van der Waals surface area contributed by atoms with Crippen molar-refractivity contribution in [1.82, 2.24) is 16.0 Å². The molecule has 0 aliphatic carbocycles. The normalized spacial score (nSPS) is 24.2. The van der Waals surface area contributed by atoms with Crippen LogP contribution in [0.5, 0.6) is 0 Å². The molecular formula is C6H12IN3. The molecule has 0 fully saturated rings. The van der Waals surface area contributed by atoms with Crippen molar-refractivity contribution in [3.8, 4) is 0 Å². The lowest BCUT2D eigenvalue weighted by Crippen LogP contribution is -2.41. The zero-order valence-corrected chi connectivity index (χ0v) is 8.10. The van der Waals surface area contributed by atoms with E-state index in [2.05, 4.69) is 45.5 Å². The van der Waals surface area contributed by atoms with Crippen LogP contribution in [-0.2, 0) is 0 Å². The predicted octanol–water partition coefficient (Wildman–Crippen LogP) is 0.349. The SMILES string of the molecule is CCNC1=CNC(I)CN1. The third-order valence-corrected chi connectivity index (χ3v) is 2.05. The summed E-state index contributed by atoms with van der Waals surface area (Å²) in [5.74, 6) is 1.09. The summed E-state index contributed by atoms with van der Waals surface area (Å²) in [7, 11) is 0. The van der Waals surface area contributed by atoms with Crippen molar-refractivity contribution in [3.05, 3.63) is 12.0 Å². The molecule has 0 aromatic rings. The van der Waals surface area contributed by atoms with Gasteiger partial charge in [-0.15, -0.1) is 0 Å². The summed E-state index contributed by atoms with van der Waals surface area (Å²) < 4.78 is 0.514. The molecule has 3 N–H and O–H groups in total. The Bertz CT molecular complexity index is 135. The maximum Gasteiger partial charge on any atom is 0.115 e. The van der Waals surface area contributed by atoms with Gasteiger partial charge in [0, 0.05) is 19.3 Å². The molecule has 4 heteroatoms. The van der Waals surface area contributed by atoms with Gasteiger partial charge < -0.3 is 16.0 Å². The first-order chi connectivity index (χ1) is 4.83. The minimum absolute atomic E-state index is 0.514. The van der Waals surface area contributed by atoms with Gasteiger partial charge in [-0.3, -0.25) is 0 Å². The summed E-state index contributed by atoms with van der Waals surface area (Å²) in [5, 5.41) is 9.66. The number of hydrogen-bond donors (Lipinski definition) is 3. The summed E-state index contributed by atoms with van der Waals surface area (Å²) in [6, 6.07) is 0. The Morgan fingerprint density at radius 3 is 3.20 bits per heavy atom. The molecular weight excluding hydrogens is 241 g/mol. The van der Waals surface area contributed by atoms with Crippen molar-refractivity contribution in [2.24, 2.45) is 0 Å². The van der Waals surface area contributed by atoms with Crippen LogP contribution >= 0.6 is 22.6 Å². The highest BCUT2D eigenvalue weighted by molar-refractivity contribution is 14.1. The molecule has 1 atom stereocenters. The van der Waals surface area contributed by atoms with E-state index >= 15 is 0 Å². The molecule has 0 spiro atoms. The predicted molar refractivity (Wildman–Crippen MR) is 50.7 cm³/mol. The van der Waals surface area contributed by atoms with Crippen molar-refractivity contribution in [3.63, 3.8) is 0 Å². The van der Waals surface area contributed by atoms with E-state index < -0.39 is 0 Å². The van der Waals surface area contributed by atoms with E-state index in [9.17, 15) is 0 Å². The summed E-state index contributed by atoms with van der Waals surface area (Å²) in [5.41, 5.74) is 0. The van der Waals surface area contributed by atoms with E-state index in [1.807, 2.05) is 6.20 Å². The molecule has 1 aliphatic rings. The molecule has 3 nitrogen and oxygen atoms in total. The van der Waals surface area contributed by atoms with Gasteiger partial charge in [-0.2, -0.15) is 0 Å². The fourth-order valence-corrected chi connectivity index (χ4v) is 1.19. The lowest BCUT2D eigenvalue weighted by atomic mass is 10.5. The Labute approximate surface area is 74.8 Å². The van der Waals surface area contributed by atoms with Gasteiger partial charge in [-0.1, -0.05) is 22.6 Å². The number of hydrogen-bond acceptors (Lipinski definition) is 3. The first-order valence-electron chi connectivity index (χ1n) is 3.41. The van der Waals surface area contributed by atoms with Crippen molar-refractivity contribution in [1.29, 1.82) is 0 Å². The van der Waals surface area contributed by atoms with Gasteiger partial charge in [0.25, 0.3) is 0 Å². The summed E-state index contributed by atoms with van der Waals surface area (Å²) >= 11 is 2.35. The van der Waals surface area contributed by atoms with Gasteiger partial charge in [0.15, 0.2) is 0 Å². The number of nitrogens with one attached hydrogen (secondary N) is 3. The van der Waals surface area contributed by atoms with Crippen LogP contribution in [0.4, 0.5) is 0 Å². The van der Waals surface area contributed by atoms with Crippen LogP contribution in [-0.4, -0.2) is 17.1 Å². The summed E-state index contributed by atoms with van der Waals surface area (Å²) in [4.78, 5) is 0. The van der Waals surface area contributed by atoms with Crippen LogP contribution in [0.2, 0.25) is 0 Å². The lowest BCUT2D eigenvalue weighted by molar-refractivity contribution is 0.612. The molecule has 0 aromatic carbocycles. The van der Waals surface area contributed by atoms with E-state index in [0.29, 0.717) is 4.05 Å². The van der Waals surface area contributed by atoms with E-state index in [1.165, 1.54) is 0 Å². The minimum atomic E-state index is 0.514. The van der Waals surface area contributed by atoms with Crippen LogP contribution < -0.4 is 16.0 Å². The van der Waals surface area contributed by atoms with Gasteiger partial charge in [0.05, 0.1) is 4.05 Å². The Morgan fingerprint density at radius 2 is 2.70 bits per heavy atom. The second-order valence-corrected chi connectivity index (χ2v) is 3.61. The molecule has 0 radical (unpaired) electrons. The Morgan fingerprint density at radius 1 is 1.90 bits per heavy atom. The number of rotatable bonds is 2. The van der Waals surface area contributed by atoms with Crippen molar-refractivity contribution >= 4 is 22.6 Å². The van der Waals surface area contributed by atoms with E-state index in [4.69, 9.17) is 0 Å². The Hall–Kier alpha value is -0.130. The summed E-state index contributed by atoms with van der Waals surface area (Å²) in [6.07, 6.45) is 1.98. The van der Waals surface area contributed by atoms with Gasteiger partial charge in [-0.25, -0.2) is 0 Å². The third-order valence-electron chi connectivity index (χ3n) is 1.25. The van der Waals surface area contributed by atoms with E-state index in [0.717, 1.165) is 18.9 Å². The number of halogens is 1. The van der Waals surface area contributed by atoms with Gasteiger partial charge >= 0.3 is 0 Å². The molecule has 58 valence electrons. The highest BCUT2D eigenvalue weighted by Crippen LogP contribution is 1.99. The molecule has 0 aromatic heterocycles. The Kier molecular flexibility index (Phi) is 3.11. The topological polar surface area (TPSA) is 36.1 Å². The van der Waals surface area contributed by atoms with E-state index in [1.54, 1.807) is 0 Å². The monoisotopic (exact) mass is 253 g/mol. The zero-order valence-electron chi connectivity index (χ0n) is 5.95. The van der Waals surface area contributed by atoms with Gasteiger partial charge in [-0.05, 0) is 6.92 Å². The first-order valence-corrected chi connectivity index (χ1v) is 4.65.